The zero-order chi connectivity index (χ0) is 21.5. The highest BCUT2D eigenvalue weighted by Crippen LogP contribution is 2.22. The van der Waals surface area contributed by atoms with Crippen molar-refractivity contribution >= 4 is 17.7 Å². The van der Waals surface area contributed by atoms with Gasteiger partial charge in [-0.25, -0.2) is 0 Å². The molecule has 1 aromatic heterocycles. The largest absolute Gasteiger partial charge is 0.353 e. The third kappa shape index (κ3) is 5.70. The Bertz CT molecular complexity index is 938. The average Bonchev–Trinajstić information content (AvgIpc) is 3.21. The van der Waals surface area contributed by atoms with Crippen LogP contribution in [0.15, 0.2) is 66.1 Å². The Morgan fingerprint density at radius 1 is 1.07 bits per heavy atom. The molecule has 0 aliphatic carbocycles. The van der Waals surface area contributed by atoms with E-state index < -0.39 is 0 Å². The number of nitrogens with zero attached hydrogens (tertiary/aromatic N) is 4. The van der Waals surface area contributed by atoms with Crippen molar-refractivity contribution in [3.8, 4) is 5.69 Å². The minimum absolute atomic E-state index is 0.0208. The van der Waals surface area contributed by atoms with Gasteiger partial charge in [0.2, 0.25) is 5.91 Å². The zero-order valence-corrected chi connectivity index (χ0v) is 18.8. The van der Waals surface area contributed by atoms with Gasteiger partial charge in [-0.1, -0.05) is 68.1 Å². The van der Waals surface area contributed by atoms with Crippen molar-refractivity contribution in [1.29, 1.82) is 0 Å². The number of likely N-dealkylation sites (N-methyl/N-ethyl adjacent to an activating group) is 1. The van der Waals surface area contributed by atoms with Crippen LogP contribution in [0.5, 0.6) is 0 Å². The standard InChI is InChI=1S/C23H29N5OS/c1-17(2)18-10-12-20(13-11-18)28-16-25-26-23(28)30-15-22(29)24-14-21(27(3)4)19-8-6-5-7-9-19/h5-13,16-17,21H,14-15H2,1-4H3,(H,24,29). The summed E-state index contributed by atoms with van der Waals surface area (Å²) in [6.07, 6.45) is 1.68. The monoisotopic (exact) mass is 423 g/mol. The number of aromatic nitrogens is 3. The quantitative estimate of drug-likeness (QED) is 0.529. The molecule has 6 nitrogen and oxygen atoms in total. The predicted molar refractivity (Wildman–Crippen MR) is 122 cm³/mol. The van der Waals surface area contributed by atoms with Gasteiger partial charge < -0.3 is 10.2 Å². The number of carbonyl (C=O) groups is 1. The number of amides is 1. The second kappa shape index (κ2) is 10.4. The molecule has 0 saturated carbocycles. The SMILES string of the molecule is CC(C)c1ccc(-n2cnnc2SCC(=O)NCC(c2ccccc2)N(C)C)cc1. The van der Waals surface area contributed by atoms with Crippen LogP contribution in [0, 0.1) is 0 Å². The normalized spacial score (nSPS) is 12.3. The number of thioether (sulfide) groups is 1. The molecule has 3 rings (SSSR count). The van der Waals surface area contributed by atoms with E-state index in [1.165, 1.54) is 22.9 Å². The van der Waals surface area contributed by atoms with Crippen LogP contribution in [0.25, 0.3) is 5.69 Å². The Labute approximate surface area is 182 Å². The smallest absolute Gasteiger partial charge is 0.230 e. The molecule has 0 bridgehead atoms. The van der Waals surface area contributed by atoms with Crippen LogP contribution in [0.2, 0.25) is 0 Å². The number of carbonyl (C=O) groups excluding carboxylic acids is 1. The number of benzene rings is 2. The summed E-state index contributed by atoms with van der Waals surface area (Å²) in [6, 6.07) is 18.7. The van der Waals surface area contributed by atoms with E-state index >= 15 is 0 Å². The molecule has 158 valence electrons. The van der Waals surface area contributed by atoms with E-state index in [0.717, 1.165) is 5.69 Å². The molecular formula is C23H29N5OS. The molecule has 1 amide bonds. The first-order valence-electron chi connectivity index (χ1n) is 10.1. The van der Waals surface area contributed by atoms with E-state index in [0.29, 0.717) is 17.6 Å². The molecule has 0 spiro atoms. The summed E-state index contributed by atoms with van der Waals surface area (Å²) in [5, 5.41) is 12.0. The van der Waals surface area contributed by atoms with Crippen LogP contribution >= 0.6 is 11.8 Å². The molecule has 0 radical (unpaired) electrons. The van der Waals surface area contributed by atoms with Gasteiger partial charge >= 0.3 is 0 Å². The second-order valence-electron chi connectivity index (χ2n) is 7.71. The summed E-state index contributed by atoms with van der Waals surface area (Å²) >= 11 is 1.39. The fourth-order valence-corrected chi connectivity index (χ4v) is 3.94. The fourth-order valence-electron chi connectivity index (χ4n) is 3.19. The maximum Gasteiger partial charge on any atom is 0.230 e. The lowest BCUT2D eigenvalue weighted by atomic mass is 10.0. The highest BCUT2D eigenvalue weighted by Gasteiger charge is 2.16. The molecule has 0 aliphatic heterocycles. The molecule has 7 heteroatoms. The zero-order valence-electron chi connectivity index (χ0n) is 17.9. The van der Waals surface area contributed by atoms with Crippen molar-refractivity contribution in [2.24, 2.45) is 0 Å². The van der Waals surface area contributed by atoms with Gasteiger partial charge in [0, 0.05) is 12.2 Å². The van der Waals surface area contributed by atoms with Gasteiger partial charge in [0.05, 0.1) is 11.8 Å². The van der Waals surface area contributed by atoms with E-state index in [1.807, 2.05) is 36.9 Å². The Morgan fingerprint density at radius 2 is 1.77 bits per heavy atom. The van der Waals surface area contributed by atoms with E-state index in [9.17, 15) is 4.79 Å². The molecule has 0 aliphatic rings. The van der Waals surface area contributed by atoms with Gasteiger partial charge in [-0.15, -0.1) is 10.2 Å². The first kappa shape index (κ1) is 22.1. The van der Waals surface area contributed by atoms with Gasteiger partial charge in [-0.3, -0.25) is 9.36 Å². The Morgan fingerprint density at radius 3 is 2.40 bits per heavy atom. The van der Waals surface area contributed by atoms with E-state index in [-0.39, 0.29) is 17.7 Å². The molecule has 1 unspecified atom stereocenters. The lowest BCUT2D eigenvalue weighted by Crippen LogP contribution is -2.35. The topological polar surface area (TPSA) is 63.1 Å². The fraction of sp³-hybridized carbons (Fsp3) is 0.348. The van der Waals surface area contributed by atoms with E-state index in [2.05, 4.69) is 70.7 Å². The van der Waals surface area contributed by atoms with E-state index in [1.54, 1.807) is 6.33 Å². The minimum atomic E-state index is -0.0208. The highest BCUT2D eigenvalue weighted by atomic mass is 32.2. The minimum Gasteiger partial charge on any atom is -0.353 e. The summed E-state index contributed by atoms with van der Waals surface area (Å²) in [6.45, 7) is 4.90. The van der Waals surface area contributed by atoms with Crippen molar-refractivity contribution < 1.29 is 4.79 Å². The van der Waals surface area contributed by atoms with Crippen LogP contribution in [0.4, 0.5) is 0 Å². The summed E-state index contributed by atoms with van der Waals surface area (Å²) in [5.41, 5.74) is 3.46. The van der Waals surface area contributed by atoms with Gasteiger partial charge in [0.1, 0.15) is 6.33 Å². The third-order valence-corrected chi connectivity index (χ3v) is 5.93. The molecule has 1 atom stereocenters. The number of rotatable bonds is 9. The summed E-state index contributed by atoms with van der Waals surface area (Å²) in [4.78, 5) is 14.6. The number of hydrogen-bond acceptors (Lipinski definition) is 5. The van der Waals surface area contributed by atoms with Gasteiger partial charge in [-0.05, 0) is 43.3 Å². The summed E-state index contributed by atoms with van der Waals surface area (Å²) < 4.78 is 1.91. The lowest BCUT2D eigenvalue weighted by Gasteiger charge is -2.25. The van der Waals surface area contributed by atoms with Crippen molar-refractivity contribution in [2.75, 3.05) is 26.4 Å². The molecule has 1 N–H and O–H groups in total. The Hall–Kier alpha value is -2.64. The van der Waals surface area contributed by atoms with Crippen molar-refractivity contribution in [3.63, 3.8) is 0 Å². The molecular weight excluding hydrogens is 394 g/mol. The number of nitrogens with one attached hydrogen (secondary N) is 1. The molecule has 0 saturated heterocycles. The van der Waals surface area contributed by atoms with Crippen molar-refractivity contribution in [2.45, 2.75) is 31.0 Å². The van der Waals surface area contributed by atoms with Crippen molar-refractivity contribution in [3.05, 3.63) is 72.1 Å². The van der Waals surface area contributed by atoms with Crippen LogP contribution in [0.3, 0.4) is 0 Å². The van der Waals surface area contributed by atoms with Crippen LogP contribution in [0.1, 0.15) is 36.9 Å². The van der Waals surface area contributed by atoms with Gasteiger partial charge in [0.25, 0.3) is 0 Å². The van der Waals surface area contributed by atoms with Gasteiger partial charge in [0.15, 0.2) is 5.16 Å². The van der Waals surface area contributed by atoms with Crippen LogP contribution in [-0.2, 0) is 4.79 Å². The Balaban J connectivity index is 1.57. The summed E-state index contributed by atoms with van der Waals surface area (Å²) in [5.74, 6) is 0.754. The van der Waals surface area contributed by atoms with Gasteiger partial charge in [-0.2, -0.15) is 0 Å². The molecule has 30 heavy (non-hydrogen) atoms. The highest BCUT2D eigenvalue weighted by molar-refractivity contribution is 7.99. The molecule has 2 aromatic carbocycles. The molecule has 1 heterocycles. The first-order chi connectivity index (χ1) is 14.5. The maximum absolute atomic E-state index is 12.5. The third-order valence-electron chi connectivity index (χ3n) is 4.99. The molecule has 3 aromatic rings. The number of hydrogen-bond donors (Lipinski definition) is 1. The second-order valence-corrected chi connectivity index (χ2v) is 8.66. The molecule has 0 fully saturated rings. The maximum atomic E-state index is 12.5. The van der Waals surface area contributed by atoms with E-state index in [4.69, 9.17) is 0 Å². The van der Waals surface area contributed by atoms with Crippen LogP contribution in [-0.4, -0.2) is 52.0 Å². The average molecular weight is 424 g/mol. The first-order valence-corrected chi connectivity index (χ1v) is 11.1. The summed E-state index contributed by atoms with van der Waals surface area (Å²) in [7, 11) is 4.04. The predicted octanol–water partition coefficient (Wildman–Crippen LogP) is 3.90. The van der Waals surface area contributed by atoms with Crippen LogP contribution < -0.4 is 5.32 Å². The lowest BCUT2D eigenvalue weighted by molar-refractivity contribution is -0.118. The van der Waals surface area contributed by atoms with Crippen molar-refractivity contribution in [1.82, 2.24) is 25.0 Å². The Kier molecular flexibility index (Phi) is 7.65.